The third-order valence-corrected chi connectivity index (χ3v) is 4.66. The number of carbonyl (C=O) groups excluding carboxylic acids is 2. The standard InChI is InChI=1S/C15H27N3O3/c16-12-15(5-10-21-11-6-15)14(20)17-7-4-13(19)18-8-2-1-3-9-18/h1-12,16H2,(H,17,20). The van der Waals surface area contributed by atoms with Gasteiger partial charge in [-0.05, 0) is 32.1 Å². The third kappa shape index (κ3) is 4.17. The number of nitrogens with zero attached hydrogens (tertiary/aromatic N) is 1. The van der Waals surface area contributed by atoms with Crippen molar-refractivity contribution in [3.05, 3.63) is 0 Å². The minimum absolute atomic E-state index is 0.0280. The molecule has 2 aliphatic rings. The first-order valence-electron chi connectivity index (χ1n) is 8.02. The summed E-state index contributed by atoms with van der Waals surface area (Å²) < 4.78 is 5.30. The molecule has 0 aliphatic carbocycles. The molecular weight excluding hydrogens is 270 g/mol. The van der Waals surface area contributed by atoms with Crippen molar-refractivity contribution in [1.82, 2.24) is 10.2 Å². The summed E-state index contributed by atoms with van der Waals surface area (Å²) in [6.45, 7) is 3.61. The van der Waals surface area contributed by atoms with E-state index >= 15 is 0 Å². The number of nitrogens with one attached hydrogen (secondary N) is 1. The number of likely N-dealkylation sites (tertiary alicyclic amines) is 1. The van der Waals surface area contributed by atoms with E-state index in [9.17, 15) is 9.59 Å². The summed E-state index contributed by atoms with van der Waals surface area (Å²) in [5.41, 5.74) is 5.29. The Bertz CT molecular complexity index is 361. The van der Waals surface area contributed by atoms with Gasteiger partial charge < -0.3 is 20.7 Å². The predicted octanol–water partition coefficient (Wildman–Crippen LogP) is 0.261. The van der Waals surface area contributed by atoms with Gasteiger partial charge in [-0.3, -0.25) is 9.59 Å². The lowest BCUT2D eigenvalue weighted by Crippen LogP contribution is -2.49. The summed E-state index contributed by atoms with van der Waals surface area (Å²) in [7, 11) is 0. The number of hydrogen-bond donors (Lipinski definition) is 2. The van der Waals surface area contributed by atoms with Crippen LogP contribution >= 0.6 is 0 Å². The highest BCUT2D eigenvalue weighted by Gasteiger charge is 2.38. The molecule has 2 rings (SSSR count). The second kappa shape index (κ2) is 7.75. The van der Waals surface area contributed by atoms with E-state index in [4.69, 9.17) is 10.5 Å². The number of carbonyl (C=O) groups is 2. The minimum Gasteiger partial charge on any atom is -0.381 e. The van der Waals surface area contributed by atoms with Gasteiger partial charge in [-0.1, -0.05) is 0 Å². The van der Waals surface area contributed by atoms with E-state index in [0.29, 0.717) is 45.6 Å². The number of hydrogen-bond acceptors (Lipinski definition) is 4. The van der Waals surface area contributed by atoms with Crippen LogP contribution < -0.4 is 11.1 Å². The van der Waals surface area contributed by atoms with Crippen molar-refractivity contribution in [2.24, 2.45) is 11.1 Å². The second-order valence-electron chi connectivity index (χ2n) is 6.04. The van der Waals surface area contributed by atoms with Gasteiger partial charge >= 0.3 is 0 Å². The maximum Gasteiger partial charge on any atom is 0.227 e. The van der Waals surface area contributed by atoms with Crippen LogP contribution in [0.5, 0.6) is 0 Å². The smallest absolute Gasteiger partial charge is 0.227 e. The molecule has 0 aromatic carbocycles. The van der Waals surface area contributed by atoms with E-state index < -0.39 is 5.41 Å². The van der Waals surface area contributed by atoms with Crippen molar-refractivity contribution in [3.63, 3.8) is 0 Å². The molecule has 0 spiro atoms. The Morgan fingerprint density at radius 3 is 2.43 bits per heavy atom. The fourth-order valence-electron chi connectivity index (χ4n) is 3.06. The number of piperidine rings is 1. The van der Waals surface area contributed by atoms with E-state index in [1.54, 1.807) is 0 Å². The topological polar surface area (TPSA) is 84.7 Å². The van der Waals surface area contributed by atoms with Gasteiger partial charge in [0.05, 0.1) is 5.41 Å². The van der Waals surface area contributed by atoms with Crippen LogP contribution in [0, 0.1) is 5.41 Å². The highest BCUT2D eigenvalue weighted by Crippen LogP contribution is 2.29. The van der Waals surface area contributed by atoms with Crippen LogP contribution in [0.1, 0.15) is 38.5 Å². The maximum absolute atomic E-state index is 12.3. The normalized spacial score (nSPS) is 21.9. The molecule has 3 N–H and O–H groups in total. The maximum atomic E-state index is 12.3. The van der Waals surface area contributed by atoms with Gasteiger partial charge in [-0.15, -0.1) is 0 Å². The predicted molar refractivity (Wildman–Crippen MR) is 79.6 cm³/mol. The fraction of sp³-hybridized carbons (Fsp3) is 0.867. The first-order valence-corrected chi connectivity index (χ1v) is 8.02. The van der Waals surface area contributed by atoms with Crippen molar-refractivity contribution in [2.75, 3.05) is 39.4 Å². The number of ether oxygens (including phenoxy) is 1. The van der Waals surface area contributed by atoms with E-state index in [-0.39, 0.29) is 11.8 Å². The van der Waals surface area contributed by atoms with Crippen LogP contribution in [0.15, 0.2) is 0 Å². The van der Waals surface area contributed by atoms with Crippen molar-refractivity contribution in [2.45, 2.75) is 38.5 Å². The fourth-order valence-corrected chi connectivity index (χ4v) is 3.06. The lowest BCUT2D eigenvalue weighted by atomic mass is 9.79. The van der Waals surface area contributed by atoms with E-state index in [2.05, 4.69) is 5.32 Å². The molecule has 21 heavy (non-hydrogen) atoms. The van der Waals surface area contributed by atoms with Crippen LogP contribution in [0.25, 0.3) is 0 Å². The van der Waals surface area contributed by atoms with Crippen molar-refractivity contribution < 1.29 is 14.3 Å². The van der Waals surface area contributed by atoms with Crippen molar-refractivity contribution >= 4 is 11.8 Å². The Balaban J connectivity index is 1.74. The van der Waals surface area contributed by atoms with Crippen LogP contribution in [-0.4, -0.2) is 56.1 Å². The molecule has 0 bridgehead atoms. The highest BCUT2D eigenvalue weighted by atomic mass is 16.5. The highest BCUT2D eigenvalue weighted by molar-refractivity contribution is 5.84. The Morgan fingerprint density at radius 1 is 1.14 bits per heavy atom. The van der Waals surface area contributed by atoms with Gasteiger partial charge in [0.15, 0.2) is 0 Å². The Morgan fingerprint density at radius 2 is 1.81 bits per heavy atom. The summed E-state index contributed by atoms with van der Waals surface area (Å²) in [4.78, 5) is 26.3. The van der Waals surface area contributed by atoms with Gasteiger partial charge in [0.1, 0.15) is 0 Å². The molecule has 0 unspecified atom stereocenters. The van der Waals surface area contributed by atoms with E-state index in [0.717, 1.165) is 25.9 Å². The molecule has 0 saturated carbocycles. The average molecular weight is 297 g/mol. The first-order chi connectivity index (χ1) is 10.2. The average Bonchev–Trinajstić information content (AvgIpc) is 2.56. The number of rotatable bonds is 5. The first kappa shape index (κ1) is 16.2. The van der Waals surface area contributed by atoms with Crippen LogP contribution in [0.3, 0.4) is 0 Å². The summed E-state index contributed by atoms with van der Waals surface area (Å²) in [6.07, 6.45) is 5.10. The Kier molecular flexibility index (Phi) is 5.99. The molecule has 120 valence electrons. The summed E-state index contributed by atoms with van der Waals surface area (Å²) in [5.74, 6) is 0.114. The SMILES string of the molecule is NCC1(C(=O)NCCC(=O)N2CCCCC2)CCOCC1. The van der Waals surface area contributed by atoms with Crippen LogP contribution in [0.2, 0.25) is 0 Å². The quantitative estimate of drug-likeness (QED) is 0.762. The lowest BCUT2D eigenvalue weighted by molar-refractivity contribution is -0.136. The Labute approximate surface area is 126 Å². The molecule has 6 heteroatoms. The van der Waals surface area contributed by atoms with Crippen molar-refractivity contribution in [3.8, 4) is 0 Å². The second-order valence-corrected chi connectivity index (χ2v) is 6.04. The molecule has 6 nitrogen and oxygen atoms in total. The molecule has 0 radical (unpaired) electrons. The largest absolute Gasteiger partial charge is 0.381 e. The van der Waals surface area contributed by atoms with Gasteiger partial charge in [0, 0.05) is 45.8 Å². The van der Waals surface area contributed by atoms with E-state index in [1.807, 2.05) is 4.90 Å². The van der Waals surface area contributed by atoms with Gasteiger partial charge in [-0.25, -0.2) is 0 Å². The molecule has 2 heterocycles. The molecule has 0 aromatic heterocycles. The van der Waals surface area contributed by atoms with Gasteiger partial charge in [-0.2, -0.15) is 0 Å². The summed E-state index contributed by atoms with van der Waals surface area (Å²) >= 11 is 0. The molecule has 0 aromatic rings. The molecule has 2 amide bonds. The van der Waals surface area contributed by atoms with Gasteiger partial charge in [0.2, 0.25) is 11.8 Å². The van der Waals surface area contributed by atoms with Crippen LogP contribution in [-0.2, 0) is 14.3 Å². The summed E-state index contributed by atoms with van der Waals surface area (Å²) in [5, 5.41) is 2.89. The molecule has 0 atom stereocenters. The zero-order chi connectivity index (χ0) is 15.1. The van der Waals surface area contributed by atoms with E-state index in [1.165, 1.54) is 6.42 Å². The third-order valence-electron chi connectivity index (χ3n) is 4.66. The monoisotopic (exact) mass is 297 g/mol. The molecule has 2 fully saturated rings. The lowest BCUT2D eigenvalue weighted by Gasteiger charge is -2.34. The molecular formula is C15H27N3O3. The van der Waals surface area contributed by atoms with Gasteiger partial charge in [0.25, 0.3) is 0 Å². The molecule has 2 saturated heterocycles. The minimum atomic E-state index is -0.508. The zero-order valence-electron chi connectivity index (χ0n) is 12.7. The zero-order valence-corrected chi connectivity index (χ0v) is 12.7. The van der Waals surface area contributed by atoms with Crippen molar-refractivity contribution in [1.29, 1.82) is 0 Å². The van der Waals surface area contributed by atoms with Crippen LogP contribution in [0.4, 0.5) is 0 Å². The number of nitrogens with two attached hydrogens (primary N) is 1. The summed E-state index contributed by atoms with van der Waals surface area (Å²) in [6, 6.07) is 0. The Hall–Kier alpha value is -1.14. The molecule has 2 aliphatic heterocycles. The number of amides is 2.